The maximum atomic E-state index is 11.2. The van der Waals surface area contributed by atoms with Crippen molar-refractivity contribution in [1.29, 1.82) is 0 Å². The number of piperidine rings is 1. The molecule has 0 atom stereocenters. The van der Waals surface area contributed by atoms with Crippen molar-refractivity contribution in [3.05, 3.63) is 66.5 Å². The third-order valence-electron chi connectivity index (χ3n) is 6.39. The summed E-state index contributed by atoms with van der Waals surface area (Å²) in [6, 6.07) is 16.5. The average molecular weight is 480 g/mol. The van der Waals surface area contributed by atoms with E-state index in [1.54, 1.807) is 0 Å². The van der Waals surface area contributed by atoms with Crippen LogP contribution >= 0.6 is 0 Å². The summed E-state index contributed by atoms with van der Waals surface area (Å²) < 4.78 is 6.01. The van der Waals surface area contributed by atoms with Crippen LogP contribution in [0.2, 0.25) is 0 Å². The molecular weight excluding hydrogens is 450 g/mol. The molecule has 9 heteroatoms. The molecule has 184 valence electrons. The van der Waals surface area contributed by atoms with E-state index < -0.39 is 17.5 Å². The Hall–Kier alpha value is -3.82. The molecule has 2 aromatic heterocycles. The Balaban J connectivity index is 0.000000431. The number of aliphatic carboxylic acids is 2. The van der Waals surface area contributed by atoms with Crippen LogP contribution in [0.1, 0.15) is 24.8 Å². The highest BCUT2D eigenvalue weighted by molar-refractivity contribution is 6.27. The molecular formula is C26H29N3O6. The number of carboxylic acids is 2. The number of hydrogen-bond acceptors (Lipinski definition) is 5. The van der Waals surface area contributed by atoms with E-state index >= 15 is 0 Å². The van der Waals surface area contributed by atoms with Gasteiger partial charge in [-0.1, -0.05) is 12.1 Å². The highest BCUT2D eigenvalue weighted by atomic mass is 16.5. The molecule has 2 aromatic carbocycles. The van der Waals surface area contributed by atoms with Gasteiger partial charge in [0.05, 0.1) is 12.2 Å². The van der Waals surface area contributed by atoms with Crippen LogP contribution in [0.5, 0.6) is 5.75 Å². The Bertz CT molecular complexity index is 1290. The Morgan fingerprint density at radius 1 is 0.943 bits per heavy atom. The zero-order valence-corrected chi connectivity index (χ0v) is 19.2. The first-order valence-corrected chi connectivity index (χ1v) is 11.5. The largest absolute Gasteiger partial charge is 0.493 e. The Labute approximate surface area is 201 Å². The van der Waals surface area contributed by atoms with E-state index in [0.29, 0.717) is 6.61 Å². The zero-order chi connectivity index (χ0) is 24.8. The lowest BCUT2D eigenvalue weighted by atomic mass is 9.84. The van der Waals surface area contributed by atoms with Crippen LogP contribution < -0.4 is 4.74 Å². The number of aromatic amines is 2. The van der Waals surface area contributed by atoms with Crippen molar-refractivity contribution in [2.45, 2.75) is 24.9 Å². The number of likely N-dealkylation sites (tertiary alicyclic amines) is 1. The molecule has 0 amide bonds. The van der Waals surface area contributed by atoms with Crippen LogP contribution in [0.25, 0.3) is 21.8 Å². The van der Waals surface area contributed by atoms with E-state index in [9.17, 15) is 5.11 Å². The number of aromatic nitrogens is 2. The minimum Gasteiger partial charge on any atom is -0.493 e. The van der Waals surface area contributed by atoms with Crippen molar-refractivity contribution < 1.29 is 29.6 Å². The Kier molecular flexibility index (Phi) is 7.38. The first kappa shape index (κ1) is 24.3. The average Bonchev–Trinajstić information content (AvgIpc) is 3.52. The second-order valence-corrected chi connectivity index (χ2v) is 8.66. The molecule has 0 unspecified atom stereocenters. The second kappa shape index (κ2) is 10.6. The van der Waals surface area contributed by atoms with Gasteiger partial charge in [0.2, 0.25) is 0 Å². The van der Waals surface area contributed by atoms with E-state index in [0.717, 1.165) is 72.0 Å². The molecule has 9 nitrogen and oxygen atoms in total. The lowest BCUT2D eigenvalue weighted by Gasteiger charge is -2.38. The highest BCUT2D eigenvalue weighted by Gasteiger charge is 2.33. The molecule has 1 aliphatic rings. The molecule has 5 rings (SSSR count). The fourth-order valence-corrected chi connectivity index (χ4v) is 4.43. The smallest absolute Gasteiger partial charge is 0.414 e. The molecule has 5 N–H and O–H groups in total. The van der Waals surface area contributed by atoms with Crippen LogP contribution in [0, 0.1) is 0 Å². The summed E-state index contributed by atoms with van der Waals surface area (Å²) in [7, 11) is 0. The molecule has 0 radical (unpaired) electrons. The molecule has 1 fully saturated rings. The third-order valence-corrected chi connectivity index (χ3v) is 6.39. The Morgan fingerprint density at radius 3 is 2.40 bits per heavy atom. The summed E-state index contributed by atoms with van der Waals surface area (Å²) in [5.41, 5.74) is 2.54. The van der Waals surface area contributed by atoms with Crippen molar-refractivity contribution >= 4 is 33.7 Å². The van der Waals surface area contributed by atoms with Gasteiger partial charge in [-0.3, -0.25) is 0 Å². The summed E-state index contributed by atoms with van der Waals surface area (Å²) >= 11 is 0. The summed E-state index contributed by atoms with van der Waals surface area (Å²) in [5.74, 6) is -2.71. The number of aliphatic hydroxyl groups is 1. The zero-order valence-electron chi connectivity index (χ0n) is 19.2. The van der Waals surface area contributed by atoms with Crippen molar-refractivity contribution in [3.63, 3.8) is 0 Å². The van der Waals surface area contributed by atoms with Gasteiger partial charge in [-0.25, -0.2) is 9.59 Å². The number of nitrogens with one attached hydrogen (secondary N) is 2. The van der Waals surface area contributed by atoms with E-state index in [1.807, 2.05) is 24.5 Å². The van der Waals surface area contributed by atoms with Crippen LogP contribution in [-0.4, -0.2) is 68.4 Å². The number of fused-ring (bicyclic) bond motifs is 2. The monoisotopic (exact) mass is 479 g/mol. The minimum atomic E-state index is -1.82. The maximum Gasteiger partial charge on any atom is 0.414 e. The van der Waals surface area contributed by atoms with Gasteiger partial charge >= 0.3 is 11.9 Å². The number of carboxylic acid groups (broad SMARTS) is 2. The lowest BCUT2D eigenvalue weighted by Crippen LogP contribution is -2.43. The van der Waals surface area contributed by atoms with Gasteiger partial charge in [0.1, 0.15) is 5.75 Å². The molecule has 0 bridgehead atoms. The maximum absolute atomic E-state index is 11.2. The number of hydrogen-bond donors (Lipinski definition) is 5. The summed E-state index contributed by atoms with van der Waals surface area (Å²) in [5, 5.41) is 28.3. The third kappa shape index (κ3) is 5.82. The van der Waals surface area contributed by atoms with Gasteiger partial charge in [-0.2, -0.15) is 0 Å². The summed E-state index contributed by atoms with van der Waals surface area (Å²) in [6.45, 7) is 3.52. The molecule has 4 aromatic rings. The van der Waals surface area contributed by atoms with Crippen LogP contribution in [-0.2, 0) is 15.2 Å². The fourth-order valence-electron chi connectivity index (χ4n) is 4.43. The van der Waals surface area contributed by atoms with Crippen LogP contribution in [0.3, 0.4) is 0 Å². The van der Waals surface area contributed by atoms with Crippen LogP contribution in [0.4, 0.5) is 0 Å². The highest BCUT2D eigenvalue weighted by Crippen LogP contribution is 2.34. The first-order valence-electron chi connectivity index (χ1n) is 11.5. The standard InChI is InChI=1S/C24H27N3O2.C2H2O4/c28-24(19-5-6-21-18(17-19)7-11-25-21)9-14-27(15-10-24)13-2-16-29-23-4-1-3-22-20(23)8-12-26-22;3-1(4)2(5)6/h1,3-8,11-12,17,25-26,28H,2,9-10,13-16H2;(H,3,4)(H,5,6). The van der Waals surface area contributed by atoms with Crippen molar-refractivity contribution in [2.24, 2.45) is 0 Å². The molecule has 3 heterocycles. The van der Waals surface area contributed by atoms with E-state index in [1.165, 1.54) is 0 Å². The predicted molar refractivity (Wildman–Crippen MR) is 132 cm³/mol. The second-order valence-electron chi connectivity index (χ2n) is 8.66. The topological polar surface area (TPSA) is 139 Å². The van der Waals surface area contributed by atoms with E-state index in [-0.39, 0.29) is 0 Å². The molecule has 0 spiro atoms. The van der Waals surface area contributed by atoms with E-state index in [2.05, 4.69) is 51.3 Å². The number of nitrogens with zero attached hydrogens (tertiary/aromatic N) is 1. The minimum absolute atomic E-state index is 0.704. The molecule has 1 saturated heterocycles. The quantitative estimate of drug-likeness (QED) is 0.210. The number of carbonyl (C=O) groups is 2. The van der Waals surface area contributed by atoms with Crippen molar-refractivity contribution in [2.75, 3.05) is 26.2 Å². The van der Waals surface area contributed by atoms with Crippen molar-refractivity contribution in [1.82, 2.24) is 14.9 Å². The Morgan fingerprint density at radius 2 is 1.66 bits per heavy atom. The summed E-state index contributed by atoms with van der Waals surface area (Å²) in [6.07, 6.45) is 6.41. The number of rotatable bonds is 6. The fraction of sp³-hybridized carbons (Fsp3) is 0.308. The lowest BCUT2D eigenvalue weighted by molar-refractivity contribution is -0.159. The van der Waals surface area contributed by atoms with Gasteiger partial charge in [0.15, 0.2) is 0 Å². The predicted octanol–water partition coefficient (Wildman–Crippen LogP) is 3.56. The van der Waals surface area contributed by atoms with Gasteiger partial charge in [-0.05, 0) is 66.6 Å². The number of ether oxygens (including phenoxy) is 1. The molecule has 35 heavy (non-hydrogen) atoms. The van der Waals surface area contributed by atoms with Crippen LogP contribution in [0.15, 0.2) is 60.9 Å². The van der Waals surface area contributed by atoms with Crippen molar-refractivity contribution in [3.8, 4) is 5.75 Å². The number of benzene rings is 2. The molecule has 0 saturated carbocycles. The SMILES string of the molecule is O=C(O)C(=O)O.OC1(c2ccc3[nH]ccc3c2)CCN(CCCOc2cccc3[nH]ccc23)CC1. The van der Waals surface area contributed by atoms with Gasteiger partial charge < -0.3 is 34.9 Å². The first-order chi connectivity index (χ1) is 16.9. The summed E-state index contributed by atoms with van der Waals surface area (Å²) in [4.78, 5) is 27.1. The molecule has 0 aliphatic carbocycles. The van der Waals surface area contributed by atoms with Gasteiger partial charge in [0.25, 0.3) is 0 Å². The van der Waals surface area contributed by atoms with Gasteiger partial charge in [-0.15, -0.1) is 0 Å². The van der Waals surface area contributed by atoms with Gasteiger partial charge in [0, 0.05) is 48.4 Å². The van der Waals surface area contributed by atoms with E-state index in [4.69, 9.17) is 24.5 Å². The number of H-pyrrole nitrogens is 2. The molecule has 1 aliphatic heterocycles. The normalized spacial score (nSPS) is 15.5.